The zero-order chi connectivity index (χ0) is 23.0. The average molecular weight is 453 g/mol. The smallest absolute Gasteiger partial charge is 0.271 e. The summed E-state index contributed by atoms with van der Waals surface area (Å²) in [4.78, 5) is 36.3. The fourth-order valence-corrected chi connectivity index (χ4v) is 4.21. The Morgan fingerprint density at radius 3 is 2.94 bits per heavy atom. The van der Waals surface area contributed by atoms with E-state index in [0.717, 1.165) is 69.2 Å². The van der Waals surface area contributed by atoms with Gasteiger partial charge < -0.3 is 25.3 Å². The Morgan fingerprint density at radius 1 is 1.27 bits per heavy atom. The van der Waals surface area contributed by atoms with Crippen molar-refractivity contribution in [3.05, 3.63) is 53.1 Å². The quantitative estimate of drug-likeness (QED) is 0.550. The minimum absolute atomic E-state index is 0.0220. The van der Waals surface area contributed by atoms with Crippen LogP contribution in [-0.2, 0) is 9.53 Å². The number of carbonyl (C=O) groups is 1. The highest BCUT2D eigenvalue weighted by Crippen LogP contribution is 2.23. The molecule has 33 heavy (non-hydrogen) atoms. The van der Waals surface area contributed by atoms with Crippen LogP contribution in [0.4, 0.5) is 11.5 Å². The molecule has 2 saturated heterocycles. The monoisotopic (exact) mass is 452 g/mol. The fourth-order valence-electron chi connectivity index (χ4n) is 4.21. The molecule has 4 heterocycles. The van der Waals surface area contributed by atoms with Crippen molar-refractivity contribution in [1.29, 1.82) is 0 Å². The molecule has 2 aliphatic heterocycles. The van der Waals surface area contributed by atoms with E-state index in [0.29, 0.717) is 12.2 Å². The number of piperidine rings is 1. The number of morpholine rings is 1. The second-order valence-corrected chi connectivity index (χ2v) is 8.39. The predicted molar refractivity (Wildman–Crippen MR) is 129 cm³/mol. The van der Waals surface area contributed by atoms with Crippen LogP contribution < -0.4 is 16.2 Å². The van der Waals surface area contributed by atoms with Gasteiger partial charge in [0.1, 0.15) is 11.5 Å². The molecule has 9 nitrogen and oxygen atoms in total. The topological polar surface area (TPSA) is 103 Å². The number of H-pyrrole nitrogens is 1. The molecule has 0 aromatic carbocycles. The lowest BCUT2D eigenvalue weighted by Crippen LogP contribution is -2.45. The molecule has 2 fully saturated rings. The highest BCUT2D eigenvalue weighted by molar-refractivity contribution is 5.87. The maximum Gasteiger partial charge on any atom is 0.271 e. The molecule has 1 atom stereocenters. The van der Waals surface area contributed by atoms with E-state index in [1.807, 2.05) is 36.2 Å². The van der Waals surface area contributed by atoms with Crippen LogP contribution in [-0.4, -0.2) is 84.7 Å². The summed E-state index contributed by atoms with van der Waals surface area (Å²) in [7, 11) is 1.82. The highest BCUT2D eigenvalue weighted by atomic mass is 16.5. The molecule has 176 valence electrons. The molecule has 0 aliphatic carbocycles. The van der Waals surface area contributed by atoms with E-state index >= 15 is 0 Å². The fraction of sp³-hybridized carbons (Fsp3) is 0.458. The van der Waals surface area contributed by atoms with Crippen molar-refractivity contribution in [1.82, 2.24) is 19.8 Å². The van der Waals surface area contributed by atoms with Gasteiger partial charge in [-0.1, -0.05) is 6.08 Å². The van der Waals surface area contributed by atoms with E-state index in [1.165, 1.54) is 0 Å². The number of hydrogen-bond acceptors (Lipinski definition) is 7. The number of hydrogen-bond donors (Lipinski definition) is 3. The Kier molecular flexibility index (Phi) is 7.74. The SMILES string of the molecule is CNc1cc(-c2c[nH]c(=O)c(N[C@@H]3CCCN(C(=O)/C=C/CN4CCOCC4)C3)c2)ccn1. The lowest BCUT2D eigenvalue weighted by atomic mass is 10.0. The molecule has 0 radical (unpaired) electrons. The summed E-state index contributed by atoms with van der Waals surface area (Å²) in [5.74, 6) is 0.783. The van der Waals surface area contributed by atoms with Crippen LogP contribution in [0.1, 0.15) is 12.8 Å². The number of anilines is 2. The molecule has 2 aromatic rings. The third-order valence-electron chi connectivity index (χ3n) is 6.07. The molecule has 9 heteroatoms. The standard InChI is InChI=1S/C24H32N6O3/c1-25-22-15-18(6-7-26-22)19-14-21(24(32)27-16-19)28-20-4-2-9-30(17-20)23(31)5-3-8-29-10-12-33-13-11-29/h3,5-7,14-16,20,28H,2,4,8-13,17H2,1H3,(H,25,26)(H,27,32)/b5-3+/t20-/m1/s1. The summed E-state index contributed by atoms with van der Waals surface area (Å²) in [6.07, 6.45) is 8.86. The van der Waals surface area contributed by atoms with E-state index < -0.39 is 0 Å². The minimum Gasteiger partial charge on any atom is -0.379 e. The predicted octanol–water partition coefficient (Wildman–Crippen LogP) is 1.77. The Hall–Kier alpha value is -3.17. The van der Waals surface area contributed by atoms with E-state index in [4.69, 9.17) is 4.74 Å². The number of carbonyl (C=O) groups excluding carboxylic acids is 1. The van der Waals surface area contributed by atoms with Gasteiger partial charge in [0.25, 0.3) is 5.56 Å². The van der Waals surface area contributed by atoms with Crippen molar-refractivity contribution in [3.63, 3.8) is 0 Å². The second kappa shape index (κ2) is 11.1. The van der Waals surface area contributed by atoms with Gasteiger partial charge in [0, 0.05) is 69.8 Å². The number of aromatic nitrogens is 2. The number of likely N-dealkylation sites (tertiary alicyclic amines) is 1. The van der Waals surface area contributed by atoms with Crippen LogP contribution >= 0.6 is 0 Å². The summed E-state index contributed by atoms with van der Waals surface area (Å²) < 4.78 is 5.36. The van der Waals surface area contributed by atoms with Gasteiger partial charge in [-0.25, -0.2) is 4.98 Å². The Labute approximate surface area is 193 Å². The van der Waals surface area contributed by atoms with Crippen molar-refractivity contribution in [3.8, 4) is 11.1 Å². The van der Waals surface area contributed by atoms with Crippen LogP contribution in [0.5, 0.6) is 0 Å². The first kappa shape index (κ1) is 23.0. The first-order chi connectivity index (χ1) is 16.1. The lowest BCUT2D eigenvalue weighted by molar-refractivity contribution is -0.127. The third kappa shape index (κ3) is 6.21. The largest absolute Gasteiger partial charge is 0.379 e. The third-order valence-corrected chi connectivity index (χ3v) is 6.07. The van der Waals surface area contributed by atoms with E-state index in [2.05, 4.69) is 25.5 Å². The second-order valence-electron chi connectivity index (χ2n) is 8.39. The van der Waals surface area contributed by atoms with Gasteiger partial charge >= 0.3 is 0 Å². The molecule has 2 aromatic heterocycles. The molecule has 4 rings (SSSR count). The molecule has 0 unspecified atom stereocenters. The summed E-state index contributed by atoms with van der Waals surface area (Å²) >= 11 is 0. The van der Waals surface area contributed by atoms with Crippen molar-refractivity contribution < 1.29 is 9.53 Å². The molecule has 0 saturated carbocycles. The van der Waals surface area contributed by atoms with Gasteiger partial charge in [0.2, 0.25) is 5.91 Å². The lowest BCUT2D eigenvalue weighted by Gasteiger charge is -2.33. The number of amides is 1. The van der Waals surface area contributed by atoms with Gasteiger partial charge in [-0.2, -0.15) is 0 Å². The average Bonchev–Trinajstić information content (AvgIpc) is 2.86. The van der Waals surface area contributed by atoms with Crippen LogP contribution in [0, 0.1) is 0 Å². The highest BCUT2D eigenvalue weighted by Gasteiger charge is 2.23. The Morgan fingerprint density at radius 2 is 2.12 bits per heavy atom. The van der Waals surface area contributed by atoms with Crippen molar-refractivity contribution in [2.24, 2.45) is 0 Å². The Bertz CT molecular complexity index is 1030. The number of nitrogens with zero attached hydrogens (tertiary/aromatic N) is 3. The van der Waals surface area contributed by atoms with Crippen molar-refractivity contribution in [2.45, 2.75) is 18.9 Å². The van der Waals surface area contributed by atoms with Gasteiger partial charge in [-0.15, -0.1) is 0 Å². The zero-order valence-corrected chi connectivity index (χ0v) is 19.0. The molecule has 1 amide bonds. The van der Waals surface area contributed by atoms with Crippen molar-refractivity contribution >= 4 is 17.4 Å². The first-order valence-corrected chi connectivity index (χ1v) is 11.5. The molecule has 2 aliphatic rings. The molecule has 3 N–H and O–H groups in total. The number of pyridine rings is 2. The Balaban J connectivity index is 1.37. The summed E-state index contributed by atoms with van der Waals surface area (Å²) in [6, 6.07) is 5.72. The number of nitrogens with one attached hydrogen (secondary N) is 3. The minimum atomic E-state index is -0.171. The molecule has 0 bridgehead atoms. The van der Waals surface area contributed by atoms with Gasteiger partial charge in [-0.3, -0.25) is 14.5 Å². The van der Waals surface area contributed by atoms with E-state index in [-0.39, 0.29) is 17.5 Å². The van der Waals surface area contributed by atoms with Crippen LogP contribution in [0.25, 0.3) is 11.1 Å². The van der Waals surface area contributed by atoms with Gasteiger partial charge in [0.05, 0.1) is 13.2 Å². The van der Waals surface area contributed by atoms with E-state index in [1.54, 1.807) is 18.5 Å². The maximum absolute atomic E-state index is 12.7. The maximum atomic E-state index is 12.7. The zero-order valence-electron chi connectivity index (χ0n) is 19.0. The number of aromatic amines is 1. The summed E-state index contributed by atoms with van der Waals surface area (Å²) in [5.41, 5.74) is 2.19. The van der Waals surface area contributed by atoms with Gasteiger partial charge in [-0.05, 0) is 36.6 Å². The normalized spacial score (nSPS) is 19.5. The number of rotatable bonds is 7. The molecular weight excluding hydrogens is 420 g/mol. The summed E-state index contributed by atoms with van der Waals surface area (Å²) in [5, 5.41) is 6.39. The summed E-state index contributed by atoms with van der Waals surface area (Å²) in [6.45, 7) is 5.37. The molecular formula is C24H32N6O3. The number of ether oxygens (including phenoxy) is 1. The van der Waals surface area contributed by atoms with Crippen LogP contribution in [0.3, 0.4) is 0 Å². The van der Waals surface area contributed by atoms with Crippen molar-refractivity contribution in [2.75, 3.05) is 63.6 Å². The van der Waals surface area contributed by atoms with Crippen LogP contribution in [0.2, 0.25) is 0 Å². The van der Waals surface area contributed by atoms with Gasteiger partial charge in [0.15, 0.2) is 0 Å². The molecule has 0 spiro atoms. The van der Waals surface area contributed by atoms with Crippen LogP contribution in [0.15, 0.2) is 47.5 Å². The van der Waals surface area contributed by atoms with E-state index in [9.17, 15) is 9.59 Å². The first-order valence-electron chi connectivity index (χ1n) is 11.5.